The highest BCUT2D eigenvalue weighted by atomic mass is 19.1. The maximum atomic E-state index is 17.5. The Morgan fingerprint density at radius 1 is 1.11 bits per heavy atom. The van der Waals surface area contributed by atoms with Crippen LogP contribution in [0.5, 0.6) is 0 Å². The molecule has 2 heterocycles. The first-order valence-electron chi connectivity index (χ1n) is 15.8. The molecular weight excluding hydrogens is 561 g/mol. The van der Waals surface area contributed by atoms with Gasteiger partial charge < -0.3 is 19.7 Å². The van der Waals surface area contributed by atoms with Crippen molar-refractivity contribution in [3.63, 3.8) is 0 Å². The lowest BCUT2D eigenvalue weighted by Gasteiger charge is -2.62. The molecule has 2 N–H and O–H groups in total. The van der Waals surface area contributed by atoms with Gasteiger partial charge in [-0.15, -0.1) is 0 Å². The Hall–Kier alpha value is -3.04. The van der Waals surface area contributed by atoms with Gasteiger partial charge in [0.1, 0.15) is 6.61 Å². The molecule has 232 valence electrons. The number of aromatic nitrogens is 1. The molecule has 0 radical (unpaired) electrons. The zero-order valence-electron chi connectivity index (χ0n) is 25.5. The van der Waals surface area contributed by atoms with Crippen molar-refractivity contribution in [1.29, 1.82) is 0 Å². The highest BCUT2D eigenvalue weighted by molar-refractivity contribution is 6.01. The number of Topliss-reactive ketones (excluding diaryl/α,β-unsaturated/α-hetero) is 1. The number of rotatable bonds is 6. The van der Waals surface area contributed by atoms with Crippen LogP contribution in [-0.4, -0.2) is 56.8 Å². The minimum atomic E-state index is -2.03. The number of alkyl halides is 1. The Bertz CT molecular complexity index is 1550. The largest absolute Gasteiger partial charge is 0.390 e. The normalized spacial score (nSPS) is 40.5. The van der Waals surface area contributed by atoms with Crippen molar-refractivity contribution in [2.75, 3.05) is 6.61 Å². The molecule has 0 bridgehead atoms. The molecular formula is C36H40FNO6. The van der Waals surface area contributed by atoms with E-state index in [-0.39, 0.29) is 18.1 Å². The summed E-state index contributed by atoms with van der Waals surface area (Å²) in [5, 5.41) is 21.9. The molecule has 2 aromatic rings. The number of aliphatic hydroxyl groups excluding tert-OH is 2. The lowest BCUT2D eigenvalue weighted by atomic mass is 9.44. The minimum absolute atomic E-state index is 0.0379. The van der Waals surface area contributed by atoms with Crippen molar-refractivity contribution < 1.29 is 33.7 Å². The van der Waals surface area contributed by atoms with E-state index in [4.69, 9.17) is 9.47 Å². The molecule has 1 aliphatic heterocycles. The summed E-state index contributed by atoms with van der Waals surface area (Å²) in [6.45, 7) is 4.98. The molecule has 0 unspecified atom stereocenters. The van der Waals surface area contributed by atoms with Crippen LogP contribution >= 0.6 is 0 Å². The molecule has 5 aliphatic rings. The summed E-state index contributed by atoms with van der Waals surface area (Å²) in [5.41, 5.74) is -0.939. The van der Waals surface area contributed by atoms with E-state index in [0.717, 1.165) is 18.5 Å². The number of halogens is 1. The Morgan fingerprint density at radius 3 is 2.59 bits per heavy atom. The van der Waals surface area contributed by atoms with Gasteiger partial charge in [0.15, 0.2) is 29.1 Å². The zero-order chi connectivity index (χ0) is 31.1. The molecule has 4 aliphatic carbocycles. The van der Waals surface area contributed by atoms with Gasteiger partial charge in [-0.1, -0.05) is 54.5 Å². The third-order valence-corrected chi connectivity index (χ3v) is 11.8. The summed E-state index contributed by atoms with van der Waals surface area (Å²) in [6.07, 6.45) is 6.14. The third kappa shape index (κ3) is 3.97. The zero-order valence-corrected chi connectivity index (χ0v) is 25.5. The number of ketones is 2. The molecule has 8 heteroatoms. The van der Waals surface area contributed by atoms with Gasteiger partial charge in [-0.05, 0) is 82.1 Å². The highest BCUT2D eigenvalue weighted by Gasteiger charge is 2.79. The summed E-state index contributed by atoms with van der Waals surface area (Å²) in [6, 6.07) is 12.3. The van der Waals surface area contributed by atoms with E-state index < -0.39 is 58.9 Å². The van der Waals surface area contributed by atoms with Crippen molar-refractivity contribution in [2.24, 2.45) is 22.7 Å². The second kappa shape index (κ2) is 10.2. The van der Waals surface area contributed by atoms with Gasteiger partial charge in [-0.25, -0.2) is 4.39 Å². The number of aliphatic hydroxyl groups is 2. The fraction of sp³-hybridized carbons (Fsp3) is 0.528. The van der Waals surface area contributed by atoms with Gasteiger partial charge >= 0.3 is 0 Å². The molecule has 0 spiro atoms. The number of ether oxygens (including phenoxy) is 2. The van der Waals surface area contributed by atoms with Crippen LogP contribution in [-0.2, 0) is 31.9 Å². The Labute approximate surface area is 257 Å². The molecule has 0 amide bonds. The van der Waals surface area contributed by atoms with Crippen LogP contribution in [0.1, 0.15) is 68.2 Å². The summed E-state index contributed by atoms with van der Waals surface area (Å²) in [5.74, 6) is -1.62. The summed E-state index contributed by atoms with van der Waals surface area (Å²) < 4.78 is 30.6. The first-order valence-corrected chi connectivity index (χ1v) is 15.8. The molecule has 1 aromatic carbocycles. The lowest BCUT2D eigenvalue weighted by molar-refractivity contribution is -0.231. The van der Waals surface area contributed by atoms with Gasteiger partial charge in [0.25, 0.3) is 0 Å². The van der Waals surface area contributed by atoms with Gasteiger partial charge in [0, 0.05) is 34.2 Å². The average molecular weight is 602 g/mol. The minimum Gasteiger partial charge on any atom is -0.390 e. The first-order chi connectivity index (χ1) is 21.0. The van der Waals surface area contributed by atoms with E-state index >= 15 is 4.39 Å². The van der Waals surface area contributed by atoms with Crippen LogP contribution in [0.25, 0.3) is 0 Å². The third-order valence-electron chi connectivity index (χ3n) is 11.8. The van der Waals surface area contributed by atoms with Crippen LogP contribution < -0.4 is 0 Å². The van der Waals surface area contributed by atoms with Crippen molar-refractivity contribution in [3.05, 3.63) is 88.8 Å². The van der Waals surface area contributed by atoms with Gasteiger partial charge in [-0.2, -0.15) is 0 Å². The summed E-state index contributed by atoms with van der Waals surface area (Å²) in [7, 11) is 0. The maximum absolute atomic E-state index is 17.5. The Balaban J connectivity index is 1.16. The fourth-order valence-electron chi connectivity index (χ4n) is 9.47. The monoisotopic (exact) mass is 601 g/mol. The SMILES string of the molecule is Cc1ccc(CCc2ccc([C@@H]3O[C@@H]4C[C@H]5[C@@H]6CCC7=CC(=O)C=C[C@]7(C)[C@@]6(F)[C@@H](O)C[C@]5(C)[C@]4(C(=O)CO)O3)cn2)cc1. The Morgan fingerprint density at radius 2 is 1.89 bits per heavy atom. The number of benzene rings is 1. The van der Waals surface area contributed by atoms with Crippen LogP contribution in [0.4, 0.5) is 4.39 Å². The number of carbonyl (C=O) groups excluding carboxylic acids is 2. The molecule has 7 rings (SSSR count). The molecule has 44 heavy (non-hydrogen) atoms. The summed E-state index contributed by atoms with van der Waals surface area (Å²) >= 11 is 0. The predicted octanol–water partition coefficient (Wildman–Crippen LogP) is 4.87. The van der Waals surface area contributed by atoms with E-state index in [1.807, 2.05) is 19.1 Å². The van der Waals surface area contributed by atoms with Gasteiger partial charge in [0.2, 0.25) is 0 Å². The van der Waals surface area contributed by atoms with Crippen molar-refractivity contribution in [1.82, 2.24) is 4.98 Å². The number of hydrogen-bond donors (Lipinski definition) is 2. The lowest BCUT2D eigenvalue weighted by Crippen LogP contribution is -2.69. The number of aryl methyl sites for hydroxylation is 3. The molecule has 7 nitrogen and oxygen atoms in total. The molecule has 1 aromatic heterocycles. The molecule has 9 atom stereocenters. The number of fused-ring (bicyclic) bond motifs is 7. The van der Waals surface area contributed by atoms with Crippen molar-refractivity contribution in [3.8, 4) is 0 Å². The number of carbonyl (C=O) groups is 2. The van der Waals surface area contributed by atoms with E-state index in [9.17, 15) is 19.8 Å². The molecule has 3 saturated carbocycles. The second-order valence-corrected chi connectivity index (χ2v) is 14.0. The van der Waals surface area contributed by atoms with Crippen LogP contribution in [0.2, 0.25) is 0 Å². The predicted molar refractivity (Wildman–Crippen MR) is 160 cm³/mol. The van der Waals surface area contributed by atoms with E-state index in [2.05, 4.69) is 36.2 Å². The standard InChI is InChI=1S/C36H40FNO6/c1-21-4-6-22(7-5-21)8-11-25-12-9-23(19-38-25)32-43-31-17-28-27-13-10-24-16-26(40)14-15-33(24,2)35(27,37)29(41)18-34(28,3)36(31,44-32)30(42)20-39/h4-7,9,12,14-16,19,27-29,31-32,39,41H,8,10-11,13,17-18,20H2,1-3H3/t27-,28-,29-,31+,32+,33-,34-,35-,36+/m0/s1. The van der Waals surface area contributed by atoms with Gasteiger partial charge in [-0.3, -0.25) is 14.6 Å². The van der Waals surface area contributed by atoms with Gasteiger partial charge in [0.05, 0.1) is 12.2 Å². The highest BCUT2D eigenvalue weighted by Crippen LogP contribution is 2.72. The quantitative estimate of drug-likeness (QED) is 0.487. The topological polar surface area (TPSA) is 106 Å². The number of pyridine rings is 1. The maximum Gasteiger partial charge on any atom is 0.193 e. The summed E-state index contributed by atoms with van der Waals surface area (Å²) in [4.78, 5) is 30.5. The fourth-order valence-corrected chi connectivity index (χ4v) is 9.47. The van der Waals surface area contributed by atoms with Crippen molar-refractivity contribution >= 4 is 11.6 Å². The van der Waals surface area contributed by atoms with E-state index in [1.165, 1.54) is 23.3 Å². The van der Waals surface area contributed by atoms with E-state index in [1.54, 1.807) is 19.2 Å². The Kier molecular flexibility index (Phi) is 6.90. The smallest absolute Gasteiger partial charge is 0.193 e. The van der Waals surface area contributed by atoms with Crippen LogP contribution in [0, 0.1) is 29.6 Å². The second-order valence-electron chi connectivity index (χ2n) is 14.0. The number of allylic oxidation sites excluding steroid dienone is 4. The first kappa shape index (κ1) is 29.7. The van der Waals surface area contributed by atoms with Crippen LogP contribution in [0.3, 0.4) is 0 Å². The average Bonchev–Trinajstić information content (AvgIpc) is 3.51. The number of nitrogens with zero attached hydrogens (tertiary/aromatic N) is 1. The molecule has 4 fully saturated rings. The van der Waals surface area contributed by atoms with Crippen molar-refractivity contribution in [2.45, 2.75) is 89.1 Å². The van der Waals surface area contributed by atoms with E-state index in [0.29, 0.717) is 30.4 Å². The molecule has 1 saturated heterocycles. The number of hydrogen-bond acceptors (Lipinski definition) is 7. The van der Waals surface area contributed by atoms with Crippen LogP contribution in [0.15, 0.2) is 66.4 Å².